The topological polar surface area (TPSA) is 77.8 Å². The molecule has 0 fully saturated rings. The van der Waals surface area contributed by atoms with Gasteiger partial charge in [0.05, 0.1) is 0 Å². The first kappa shape index (κ1) is 14.6. The molecule has 0 rings (SSSR count). The highest BCUT2D eigenvalue weighted by molar-refractivity contribution is 5.84. The molecule has 0 amide bonds. The van der Waals surface area contributed by atoms with E-state index in [1.54, 1.807) is 0 Å². The summed E-state index contributed by atoms with van der Waals surface area (Å²) in [6.07, 6.45) is 1.34. The van der Waals surface area contributed by atoms with Gasteiger partial charge in [0.1, 0.15) is 0 Å². The number of rotatable bonds is 4. The predicted octanol–water partition coefficient (Wildman–Crippen LogP) is 1.13. The number of hydrogen-bond donors (Lipinski definition) is 3. The van der Waals surface area contributed by atoms with Crippen LogP contribution in [0.3, 0.4) is 0 Å². The normalized spacial score (nSPS) is 9.00. The lowest BCUT2D eigenvalue weighted by Crippen LogP contribution is -2.02. The lowest BCUT2D eigenvalue weighted by atomic mass is 10.2. The third-order valence-electron chi connectivity index (χ3n) is 1.18. The summed E-state index contributed by atoms with van der Waals surface area (Å²) in [4.78, 5) is 9.60. The summed E-state index contributed by atoms with van der Waals surface area (Å²) in [6, 6.07) is 0. The predicted molar refractivity (Wildman–Crippen MR) is 50.2 cm³/mol. The van der Waals surface area contributed by atoms with E-state index in [2.05, 4.69) is 6.58 Å². The lowest BCUT2D eigenvalue weighted by Gasteiger charge is -1.97. The van der Waals surface area contributed by atoms with Crippen molar-refractivity contribution in [1.29, 1.82) is 0 Å². The van der Waals surface area contributed by atoms with E-state index in [1.165, 1.54) is 6.92 Å². The first-order chi connectivity index (χ1) is 5.91. The van der Waals surface area contributed by atoms with Crippen molar-refractivity contribution in [1.82, 2.24) is 0 Å². The molecule has 78 valence electrons. The Morgan fingerprint density at radius 1 is 1.46 bits per heavy atom. The van der Waals surface area contributed by atoms with Gasteiger partial charge in [-0.15, -0.1) is 0 Å². The lowest BCUT2D eigenvalue weighted by molar-refractivity contribution is -0.132. The third-order valence-corrected chi connectivity index (χ3v) is 1.18. The van der Waals surface area contributed by atoms with Crippen molar-refractivity contribution in [2.24, 2.45) is 0 Å². The molecule has 4 heteroatoms. The number of aliphatic carboxylic acids is 1. The van der Waals surface area contributed by atoms with Crippen molar-refractivity contribution in [2.45, 2.75) is 39.4 Å². The van der Waals surface area contributed by atoms with E-state index < -0.39 is 12.3 Å². The molecule has 0 unspecified atom stereocenters. The van der Waals surface area contributed by atoms with Crippen molar-refractivity contribution in [3.05, 3.63) is 12.2 Å². The van der Waals surface area contributed by atoms with Crippen LogP contribution < -0.4 is 0 Å². The first-order valence-corrected chi connectivity index (χ1v) is 4.16. The van der Waals surface area contributed by atoms with E-state index in [1.807, 2.05) is 6.92 Å². The van der Waals surface area contributed by atoms with Crippen LogP contribution in [-0.2, 0) is 4.79 Å². The Morgan fingerprint density at radius 2 is 1.85 bits per heavy atom. The van der Waals surface area contributed by atoms with E-state index >= 15 is 0 Å². The van der Waals surface area contributed by atoms with E-state index in [0.717, 1.165) is 12.8 Å². The standard InChI is InChI=1S/C5H12O2.C4H6O2/c1-2-3-4-5(6)7;1-3(2)4(5)6/h5-7H,2-4H2,1H3;1H2,2H3,(H,5,6). The SMILES string of the molecule is C=C(C)C(=O)O.CCCCC(O)O. The molecule has 0 saturated heterocycles. The van der Waals surface area contributed by atoms with Crippen LogP contribution in [0.25, 0.3) is 0 Å². The minimum atomic E-state index is -1.10. The molecule has 0 spiro atoms. The number of aliphatic hydroxyl groups excluding tert-OH is 1. The Hall–Kier alpha value is -0.870. The molecule has 0 aliphatic carbocycles. The van der Waals surface area contributed by atoms with Crippen molar-refractivity contribution >= 4 is 5.97 Å². The maximum atomic E-state index is 9.60. The molecule has 0 heterocycles. The molecule has 0 aromatic heterocycles. The Balaban J connectivity index is 0. The summed E-state index contributed by atoms with van der Waals surface area (Å²) in [7, 11) is 0. The largest absolute Gasteiger partial charge is 0.478 e. The Labute approximate surface area is 78.5 Å². The van der Waals surface area contributed by atoms with Gasteiger partial charge in [0.25, 0.3) is 0 Å². The zero-order valence-electron chi connectivity index (χ0n) is 8.16. The van der Waals surface area contributed by atoms with E-state index in [-0.39, 0.29) is 5.57 Å². The number of aliphatic hydroxyl groups is 2. The highest BCUT2D eigenvalue weighted by atomic mass is 16.5. The molecule has 4 nitrogen and oxygen atoms in total. The molecule has 0 saturated carbocycles. The third kappa shape index (κ3) is 18.2. The maximum Gasteiger partial charge on any atom is 0.330 e. The second-order valence-electron chi connectivity index (χ2n) is 2.71. The molecule has 13 heavy (non-hydrogen) atoms. The van der Waals surface area contributed by atoms with Crippen LogP contribution in [0.5, 0.6) is 0 Å². The van der Waals surface area contributed by atoms with E-state index in [9.17, 15) is 4.79 Å². The van der Waals surface area contributed by atoms with Gasteiger partial charge in [0.15, 0.2) is 6.29 Å². The van der Waals surface area contributed by atoms with Gasteiger partial charge in [-0.05, 0) is 19.8 Å². The van der Waals surface area contributed by atoms with E-state index in [0.29, 0.717) is 6.42 Å². The molecule has 0 bridgehead atoms. The van der Waals surface area contributed by atoms with Crippen molar-refractivity contribution in [3.8, 4) is 0 Å². The van der Waals surface area contributed by atoms with Crippen molar-refractivity contribution < 1.29 is 20.1 Å². The number of carboxylic acid groups (broad SMARTS) is 1. The maximum absolute atomic E-state index is 9.60. The van der Waals surface area contributed by atoms with Gasteiger partial charge in [-0.2, -0.15) is 0 Å². The van der Waals surface area contributed by atoms with Crippen LogP contribution in [-0.4, -0.2) is 27.6 Å². The van der Waals surface area contributed by atoms with Gasteiger partial charge in [0.2, 0.25) is 0 Å². The Morgan fingerprint density at radius 3 is 1.92 bits per heavy atom. The molecular weight excluding hydrogens is 172 g/mol. The molecule has 0 aliphatic rings. The molecule has 0 radical (unpaired) electrons. The van der Waals surface area contributed by atoms with Crippen molar-refractivity contribution in [2.75, 3.05) is 0 Å². The summed E-state index contributed by atoms with van der Waals surface area (Å²) >= 11 is 0. The van der Waals surface area contributed by atoms with Gasteiger partial charge in [-0.1, -0.05) is 19.9 Å². The summed E-state index contributed by atoms with van der Waals surface area (Å²) < 4.78 is 0. The fourth-order valence-corrected chi connectivity index (χ4v) is 0.387. The minimum Gasteiger partial charge on any atom is -0.478 e. The average Bonchev–Trinajstić information content (AvgIpc) is 2.01. The minimum absolute atomic E-state index is 0.176. The van der Waals surface area contributed by atoms with Gasteiger partial charge in [0, 0.05) is 5.57 Å². The average molecular weight is 190 g/mol. The molecule has 0 aliphatic heterocycles. The van der Waals surface area contributed by atoms with E-state index in [4.69, 9.17) is 15.3 Å². The van der Waals surface area contributed by atoms with Gasteiger partial charge in [-0.3, -0.25) is 0 Å². The number of carboxylic acids is 1. The summed E-state index contributed by atoms with van der Waals surface area (Å²) in [5.74, 6) is -0.935. The summed E-state index contributed by atoms with van der Waals surface area (Å²) in [6.45, 7) is 6.62. The van der Waals surface area contributed by atoms with Crippen LogP contribution in [0.1, 0.15) is 33.1 Å². The fraction of sp³-hybridized carbons (Fsp3) is 0.667. The molecule has 3 N–H and O–H groups in total. The summed E-state index contributed by atoms with van der Waals surface area (Å²) in [5, 5.41) is 24.4. The Bertz CT molecular complexity index is 140. The van der Waals surface area contributed by atoms with Crippen LogP contribution in [0, 0.1) is 0 Å². The number of unbranched alkanes of at least 4 members (excludes halogenated alkanes) is 1. The summed E-state index contributed by atoms with van der Waals surface area (Å²) in [5.41, 5.74) is 0.176. The number of carbonyl (C=O) groups is 1. The van der Waals surface area contributed by atoms with Crippen LogP contribution in [0.15, 0.2) is 12.2 Å². The second-order valence-corrected chi connectivity index (χ2v) is 2.71. The van der Waals surface area contributed by atoms with Crippen LogP contribution >= 0.6 is 0 Å². The zero-order valence-corrected chi connectivity index (χ0v) is 8.16. The van der Waals surface area contributed by atoms with Crippen molar-refractivity contribution in [3.63, 3.8) is 0 Å². The highest BCUT2D eigenvalue weighted by Gasteiger charge is 1.92. The highest BCUT2D eigenvalue weighted by Crippen LogP contribution is 1.95. The van der Waals surface area contributed by atoms with Gasteiger partial charge in [-0.25, -0.2) is 4.79 Å². The fourth-order valence-electron chi connectivity index (χ4n) is 0.387. The first-order valence-electron chi connectivity index (χ1n) is 4.16. The smallest absolute Gasteiger partial charge is 0.330 e. The zero-order chi connectivity index (χ0) is 10.9. The van der Waals surface area contributed by atoms with Gasteiger partial charge >= 0.3 is 5.97 Å². The molecular formula is C9H18O4. The Kier molecular flexibility index (Phi) is 10.4. The number of hydrogen-bond acceptors (Lipinski definition) is 3. The quantitative estimate of drug-likeness (QED) is 0.459. The molecule has 0 aromatic rings. The van der Waals surface area contributed by atoms with Crippen LogP contribution in [0.2, 0.25) is 0 Å². The van der Waals surface area contributed by atoms with Gasteiger partial charge < -0.3 is 15.3 Å². The second kappa shape index (κ2) is 9.22. The monoisotopic (exact) mass is 190 g/mol. The molecule has 0 atom stereocenters. The van der Waals surface area contributed by atoms with Crippen LogP contribution in [0.4, 0.5) is 0 Å². The molecule has 0 aromatic carbocycles.